The molecule has 1 fully saturated rings. The first kappa shape index (κ1) is 18.3. The lowest BCUT2D eigenvalue weighted by Gasteiger charge is -2.36. The van der Waals surface area contributed by atoms with Gasteiger partial charge in [-0.2, -0.15) is 4.80 Å². The number of aromatic nitrogens is 5. The van der Waals surface area contributed by atoms with Gasteiger partial charge in [0.25, 0.3) is 5.91 Å². The van der Waals surface area contributed by atoms with Crippen LogP contribution in [-0.2, 0) is 0 Å². The zero-order valence-electron chi connectivity index (χ0n) is 16.2. The maximum atomic E-state index is 13.2. The summed E-state index contributed by atoms with van der Waals surface area (Å²) in [6, 6.07) is 11.7. The van der Waals surface area contributed by atoms with Crippen LogP contribution < -0.4 is 0 Å². The number of carbonyl (C=O) groups is 1. The third-order valence-electron chi connectivity index (χ3n) is 5.11. The zero-order valence-corrected chi connectivity index (χ0v) is 16.2. The summed E-state index contributed by atoms with van der Waals surface area (Å²) in [5.74, 6) is 0.623. The summed E-state index contributed by atoms with van der Waals surface area (Å²) in [4.78, 5) is 21.0. The maximum absolute atomic E-state index is 13.2. The molecule has 0 bridgehead atoms. The maximum Gasteiger partial charge on any atom is 0.254 e. The fourth-order valence-corrected chi connectivity index (χ4v) is 3.58. The third-order valence-corrected chi connectivity index (χ3v) is 5.11. The van der Waals surface area contributed by atoms with E-state index >= 15 is 0 Å². The average Bonchev–Trinajstić information content (AvgIpc) is 3.25. The number of pyridine rings is 1. The molecule has 28 heavy (non-hydrogen) atoms. The van der Waals surface area contributed by atoms with Crippen molar-refractivity contribution >= 4 is 5.91 Å². The van der Waals surface area contributed by atoms with E-state index in [2.05, 4.69) is 26.5 Å². The molecule has 1 aliphatic rings. The topological polar surface area (TPSA) is 76.8 Å². The fourth-order valence-electron chi connectivity index (χ4n) is 3.58. The lowest BCUT2D eigenvalue weighted by molar-refractivity contribution is 0.0611. The number of benzene rings is 1. The standard InChI is InChI=1S/C21H24N6O/c1-15(2)27-24-20(23-25-27)16-8-10-17(11-9-16)21(28)26-13-4-3-7-19(26)18-6-5-12-22-14-18/h5-6,8-12,14-15,19H,3-4,7,13H2,1-2H3. The Kier molecular flexibility index (Phi) is 5.14. The normalized spacial score (nSPS) is 17.1. The van der Waals surface area contributed by atoms with E-state index < -0.39 is 0 Å². The molecule has 0 aliphatic carbocycles. The first-order chi connectivity index (χ1) is 13.6. The summed E-state index contributed by atoms with van der Waals surface area (Å²) in [5, 5.41) is 12.6. The highest BCUT2D eigenvalue weighted by molar-refractivity contribution is 5.95. The molecule has 1 aliphatic heterocycles. The lowest BCUT2D eigenvalue weighted by Crippen LogP contribution is -2.38. The molecular formula is C21H24N6O. The van der Waals surface area contributed by atoms with Crippen LogP contribution >= 0.6 is 0 Å². The smallest absolute Gasteiger partial charge is 0.254 e. The van der Waals surface area contributed by atoms with Crippen LogP contribution in [0.2, 0.25) is 0 Å². The highest BCUT2D eigenvalue weighted by Gasteiger charge is 2.28. The minimum Gasteiger partial charge on any atom is -0.332 e. The first-order valence-corrected chi connectivity index (χ1v) is 9.74. The number of amides is 1. The minimum atomic E-state index is 0.0545. The van der Waals surface area contributed by atoms with Crippen molar-refractivity contribution in [3.05, 3.63) is 59.9 Å². The van der Waals surface area contributed by atoms with Crippen molar-refractivity contribution in [3.63, 3.8) is 0 Å². The van der Waals surface area contributed by atoms with Gasteiger partial charge >= 0.3 is 0 Å². The van der Waals surface area contributed by atoms with E-state index in [1.54, 1.807) is 11.0 Å². The zero-order chi connectivity index (χ0) is 19.5. The van der Waals surface area contributed by atoms with Crippen LogP contribution in [0, 0.1) is 0 Å². The van der Waals surface area contributed by atoms with Crippen LogP contribution in [0.5, 0.6) is 0 Å². The van der Waals surface area contributed by atoms with Crippen LogP contribution in [0.25, 0.3) is 11.4 Å². The van der Waals surface area contributed by atoms with E-state index in [1.165, 1.54) is 0 Å². The van der Waals surface area contributed by atoms with Gasteiger partial charge in [-0.1, -0.05) is 18.2 Å². The molecule has 1 atom stereocenters. The Balaban J connectivity index is 1.55. The monoisotopic (exact) mass is 376 g/mol. The molecule has 1 amide bonds. The predicted molar refractivity (Wildman–Crippen MR) is 106 cm³/mol. The molecule has 0 saturated carbocycles. The van der Waals surface area contributed by atoms with Crippen molar-refractivity contribution in [2.75, 3.05) is 6.54 Å². The van der Waals surface area contributed by atoms with Gasteiger partial charge in [0.05, 0.1) is 12.1 Å². The Labute approximate surface area is 164 Å². The molecule has 0 N–H and O–H groups in total. The second-order valence-electron chi connectivity index (χ2n) is 7.40. The number of carbonyl (C=O) groups excluding carboxylic acids is 1. The molecule has 0 radical (unpaired) electrons. The second-order valence-corrected chi connectivity index (χ2v) is 7.40. The summed E-state index contributed by atoms with van der Waals surface area (Å²) >= 11 is 0. The molecular weight excluding hydrogens is 352 g/mol. The summed E-state index contributed by atoms with van der Waals surface area (Å²) in [5.41, 5.74) is 2.63. The van der Waals surface area contributed by atoms with Gasteiger partial charge in [-0.3, -0.25) is 9.78 Å². The molecule has 2 aromatic heterocycles. The molecule has 1 unspecified atom stereocenters. The van der Waals surface area contributed by atoms with Crippen LogP contribution in [0.1, 0.15) is 61.1 Å². The highest BCUT2D eigenvalue weighted by Crippen LogP contribution is 2.31. The highest BCUT2D eigenvalue weighted by atomic mass is 16.2. The number of rotatable bonds is 4. The van der Waals surface area contributed by atoms with Crippen LogP contribution in [0.4, 0.5) is 0 Å². The van der Waals surface area contributed by atoms with Gasteiger partial charge in [-0.05, 0) is 62.1 Å². The third kappa shape index (κ3) is 3.65. The fraction of sp³-hybridized carbons (Fsp3) is 0.381. The summed E-state index contributed by atoms with van der Waals surface area (Å²) in [6.07, 6.45) is 6.75. The quantitative estimate of drug-likeness (QED) is 0.694. The lowest BCUT2D eigenvalue weighted by atomic mass is 9.95. The summed E-state index contributed by atoms with van der Waals surface area (Å²) < 4.78 is 0. The number of likely N-dealkylation sites (tertiary alicyclic amines) is 1. The van der Waals surface area contributed by atoms with Crippen molar-refractivity contribution in [1.82, 2.24) is 30.1 Å². The molecule has 7 nitrogen and oxygen atoms in total. The van der Waals surface area contributed by atoms with Crippen LogP contribution in [0.3, 0.4) is 0 Å². The summed E-state index contributed by atoms with van der Waals surface area (Å²) in [7, 11) is 0. The second kappa shape index (κ2) is 7.88. The first-order valence-electron chi connectivity index (χ1n) is 9.74. The molecule has 3 heterocycles. The van der Waals surface area contributed by atoms with Crippen molar-refractivity contribution < 1.29 is 4.79 Å². The van der Waals surface area contributed by atoms with Crippen LogP contribution in [0.15, 0.2) is 48.8 Å². The Hall–Kier alpha value is -3.09. The SMILES string of the molecule is CC(C)n1nnc(-c2ccc(C(=O)N3CCCCC3c3cccnc3)cc2)n1. The Bertz CT molecular complexity index is 935. The Morgan fingerprint density at radius 3 is 2.64 bits per heavy atom. The number of piperidine rings is 1. The molecule has 1 aromatic carbocycles. The predicted octanol–water partition coefficient (Wildman–Crippen LogP) is 3.68. The van der Waals surface area contributed by atoms with E-state index in [1.807, 2.05) is 55.3 Å². The minimum absolute atomic E-state index is 0.0545. The van der Waals surface area contributed by atoms with Crippen LogP contribution in [-0.4, -0.2) is 42.5 Å². The number of hydrogen-bond donors (Lipinski definition) is 0. The largest absolute Gasteiger partial charge is 0.332 e. The number of hydrogen-bond acceptors (Lipinski definition) is 5. The van der Waals surface area contributed by atoms with Gasteiger partial charge in [0.2, 0.25) is 5.82 Å². The molecule has 1 saturated heterocycles. The van der Waals surface area contributed by atoms with Gasteiger partial charge in [0.1, 0.15) is 0 Å². The average molecular weight is 376 g/mol. The van der Waals surface area contributed by atoms with Gasteiger partial charge in [-0.25, -0.2) is 0 Å². The number of tetrazole rings is 1. The van der Waals surface area contributed by atoms with Crippen molar-refractivity contribution in [2.45, 2.75) is 45.2 Å². The van der Waals surface area contributed by atoms with E-state index in [-0.39, 0.29) is 18.0 Å². The van der Waals surface area contributed by atoms with Gasteiger partial charge in [0.15, 0.2) is 0 Å². The Morgan fingerprint density at radius 2 is 1.96 bits per heavy atom. The van der Waals surface area contributed by atoms with E-state index in [9.17, 15) is 4.79 Å². The van der Waals surface area contributed by atoms with Crippen molar-refractivity contribution in [1.29, 1.82) is 0 Å². The van der Waals surface area contributed by atoms with E-state index in [0.29, 0.717) is 11.4 Å². The summed E-state index contributed by atoms with van der Waals surface area (Å²) in [6.45, 7) is 4.78. The molecule has 0 spiro atoms. The Morgan fingerprint density at radius 1 is 1.14 bits per heavy atom. The van der Waals surface area contributed by atoms with Gasteiger partial charge in [0, 0.05) is 30.1 Å². The van der Waals surface area contributed by atoms with E-state index in [0.717, 1.165) is 36.9 Å². The molecule has 4 rings (SSSR count). The van der Waals surface area contributed by atoms with Gasteiger partial charge < -0.3 is 4.90 Å². The van der Waals surface area contributed by atoms with E-state index in [4.69, 9.17) is 0 Å². The van der Waals surface area contributed by atoms with Gasteiger partial charge in [-0.15, -0.1) is 10.2 Å². The van der Waals surface area contributed by atoms with Crippen molar-refractivity contribution in [2.24, 2.45) is 0 Å². The molecule has 144 valence electrons. The molecule has 7 heteroatoms. The van der Waals surface area contributed by atoms with Crippen molar-refractivity contribution in [3.8, 4) is 11.4 Å². The molecule has 3 aromatic rings. The number of nitrogens with zero attached hydrogens (tertiary/aromatic N) is 6.